The van der Waals surface area contributed by atoms with Crippen LogP contribution in [-0.2, 0) is 65.4 Å². The molecule has 5 atom stereocenters. The molecule has 2 unspecified atom stereocenters. The van der Waals surface area contributed by atoms with Crippen LogP contribution in [0, 0.1) is 5.92 Å². The van der Waals surface area contributed by atoms with Gasteiger partial charge >= 0.3 is 39.5 Å². The first-order chi connectivity index (χ1) is 44.0. The number of ether oxygens (including phenoxy) is 4. The molecule has 91 heavy (non-hydrogen) atoms. The number of rotatable bonds is 70. The van der Waals surface area contributed by atoms with Crippen molar-refractivity contribution < 1.29 is 80.2 Å². The van der Waals surface area contributed by atoms with Crippen LogP contribution in [0.25, 0.3) is 0 Å². The van der Waals surface area contributed by atoms with E-state index in [0.29, 0.717) is 25.7 Å². The normalized spacial score (nSPS) is 14.2. The Kier molecular flexibility index (Phi) is 63.1. The van der Waals surface area contributed by atoms with E-state index in [1.807, 2.05) is 0 Å². The number of aliphatic hydroxyl groups excluding tert-OH is 1. The molecule has 0 aliphatic rings. The minimum absolute atomic E-state index is 0.101. The molecular weight excluding hydrogens is 1200 g/mol. The quantitative estimate of drug-likeness (QED) is 0.0169. The van der Waals surface area contributed by atoms with Gasteiger partial charge in [0.25, 0.3) is 0 Å². The largest absolute Gasteiger partial charge is 0.472 e. The summed E-state index contributed by atoms with van der Waals surface area (Å²) in [4.78, 5) is 72.3. The first kappa shape index (κ1) is 88.5. The van der Waals surface area contributed by atoms with Crippen molar-refractivity contribution in [3.8, 4) is 0 Å². The molecule has 0 radical (unpaired) electrons. The van der Waals surface area contributed by atoms with Gasteiger partial charge in [-0.1, -0.05) is 296 Å². The second kappa shape index (κ2) is 64.9. The molecule has 0 amide bonds. The molecule has 0 fully saturated rings. The monoisotopic (exact) mass is 1330 g/mol. The Bertz CT molecular complexity index is 1850. The summed E-state index contributed by atoms with van der Waals surface area (Å²) in [5.74, 6) is -1.37. The number of hydrogen-bond acceptors (Lipinski definition) is 15. The number of allylic oxidation sites excluding steroid dienone is 4. The van der Waals surface area contributed by atoms with Gasteiger partial charge in [-0.3, -0.25) is 37.3 Å². The number of aliphatic hydroxyl groups is 1. The number of carbonyl (C=O) groups excluding carboxylic acids is 4. The second-order valence-electron chi connectivity index (χ2n) is 25.8. The van der Waals surface area contributed by atoms with Crippen molar-refractivity contribution in [2.75, 3.05) is 39.6 Å². The number of hydrogen-bond donors (Lipinski definition) is 3. The third-order valence-electron chi connectivity index (χ3n) is 16.2. The van der Waals surface area contributed by atoms with Crippen molar-refractivity contribution in [3.63, 3.8) is 0 Å². The van der Waals surface area contributed by atoms with E-state index in [1.165, 1.54) is 148 Å². The smallest absolute Gasteiger partial charge is 0.462 e. The van der Waals surface area contributed by atoms with Gasteiger partial charge in [0, 0.05) is 25.7 Å². The lowest BCUT2D eigenvalue weighted by Crippen LogP contribution is -2.30. The van der Waals surface area contributed by atoms with Crippen molar-refractivity contribution in [2.45, 2.75) is 368 Å². The first-order valence-electron chi connectivity index (χ1n) is 37.0. The molecule has 17 nitrogen and oxygen atoms in total. The molecule has 0 saturated heterocycles. The van der Waals surface area contributed by atoms with Gasteiger partial charge in [0.05, 0.1) is 26.4 Å². The maximum Gasteiger partial charge on any atom is 0.472 e. The fraction of sp³-hybridized carbons (Fsp3) is 0.889. The zero-order valence-corrected chi connectivity index (χ0v) is 60.3. The van der Waals surface area contributed by atoms with E-state index >= 15 is 0 Å². The summed E-state index contributed by atoms with van der Waals surface area (Å²) < 4.78 is 68.1. The SMILES string of the molecule is CCCCCC/C=C\C=C/CCCCCCCC(=O)OC[C@H](COP(=O)(O)OC[C@@H](O)COP(=O)(O)OC[C@@H](COC(=O)CCCCCCC)OC(=O)CCCCCCCCCCCCCCCC)OC(=O)CCCCCCCCCCCCCCCCC(C)C. The summed E-state index contributed by atoms with van der Waals surface area (Å²) >= 11 is 0. The van der Waals surface area contributed by atoms with E-state index in [9.17, 15) is 43.2 Å². The molecule has 0 bridgehead atoms. The molecular formula is C72H136O17P2. The van der Waals surface area contributed by atoms with Crippen LogP contribution < -0.4 is 0 Å². The Balaban J connectivity index is 5.19. The van der Waals surface area contributed by atoms with Gasteiger partial charge < -0.3 is 33.8 Å². The minimum atomic E-state index is -4.96. The zero-order chi connectivity index (χ0) is 67.0. The van der Waals surface area contributed by atoms with Crippen LogP contribution in [0.2, 0.25) is 0 Å². The highest BCUT2D eigenvalue weighted by molar-refractivity contribution is 7.47. The van der Waals surface area contributed by atoms with Gasteiger partial charge in [0.1, 0.15) is 19.3 Å². The van der Waals surface area contributed by atoms with Gasteiger partial charge in [0.15, 0.2) is 12.2 Å². The molecule has 0 aliphatic carbocycles. The molecule has 0 heterocycles. The van der Waals surface area contributed by atoms with Crippen molar-refractivity contribution in [1.82, 2.24) is 0 Å². The van der Waals surface area contributed by atoms with Crippen LogP contribution in [0.5, 0.6) is 0 Å². The number of carbonyl (C=O) groups is 4. The van der Waals surface area contributed by atoms with E-state index in [4.69, 9.17) is 37.0 Å². The maximum atomic E-state index is 13.0. The summed E-state index contributed by atoms with van der Waals surface area (Å²) in [6.07, 6.45) is 55.2. The van der Waals surface area contributed by atoms with Crippen LogP contribution in [0.1, 0.15) is 349 Å². The van der Waals surface area contributed by atoms with Gasteiger partial charge in [-0.05, 0) is 57.3 Å². The summed E-state index contributed by atoms with van der Waals surface area (Å²) in [5.41, 5.74) is 0. The Morgan fingerprint density at radius 3 is 0.901 bits per heavy atom. The number of esters is 4. The van der Waals surface area contributed by atoms with Gasteiger partial charge in [-0.15, -0.1) is 0 Å². The van der Waals surface area contributed by atoms with Crippen LogP contribution in [0.3, 0.4) is 0 Å². The van der Waals surface area contributed by atoms with E-state index in [2.05, 4.69) is 58.9 Å². The molecule has 0 spiro atoms. The number of unbranched alkanes of at least 4 members (excludes halogenated alkanes) is 39. The lowest BCUT2D eigenvalue weighted by molar-refractivity contribution is -0.161. The van der Waals surface area contributed by atoms with Crippen molar-refractivity contribution in [3.05, 3.63) is 24.3 Å². The lowest BCUT2D eigenvalue weighted by Gasteiger charge is -2.21. The Labute approximate surface area is 554 Å². The summed E-state index contributed by atoms with van der Waals surface area (Å²) in [7, 11) is -9.90. The topological polar surface area (TPSA) is 237 Å². The van der Waals surface area contributed by atoms with Crippen molar-refractivity contribution >= 4 is 39.5 Å². The third kappa shape index (κ3) is 66.0. The second-order valence-corrected chi connectivity index (χ2v) is 28.7. The molecule has 19 heteroatoms. The van der Waals surface area contributed by atoms with Crippen LogP contribution in [0.15, 0.2) is 24.3 Å². The molecule has 0 aliphatic heterocycles. The molecule has 536 valence electrons. The summed E-state index contributed by atoms with van der Waals surface area (Å²) in [6, 6.07) is 0. The lowest BCUT2D eigenvalue weighted by atomic mass is 10.0. The highest BCUT2D eigenvalue weighted by Gasteiger charge is 2.30. The average Bonchev–Trinajstić information content (AvgIpc) is 3.71. The predicted molar refractivity (Wildman–Crippen MR) is 368 cm³/mol. The molecule has 0 saturated carbocycles. The number of phosphoric acid groups is 2. The van der Waals surface area contributed by atoms with E-state index < -0.39 is 97.5 Å². The van der Waals surface area contributed by atoms with Crippen LogP contribution >= 0.6 is 15.6 Å². The molecule has 0 aromatic carbocycles. The molecule has 0 aromatic heterocycles. The Morgan fingerprint density at radius 1 is 0.341 bits per heavy atom. The highest BCUT2D eigenvalue weighted by Crippen LogP contribution is 2.45. The van der Waals surface area contributed by atoms with Crippen molar-refractivity contribution in [1.29, 1.82) is 0 Å². The van der Waals surface area contributed by atoms with Crippen molar-refractivity contribution in [2.24, 2.45) is 5.92 Å². The zero-order valence-electron chi connectivity index (χ0n) is 58.5. The van der Waals surface area contributed by atoms with Crippen LogP contribution in [0.4, 0.5) is 0 Å². The maximum absolute atomic E-state index is 13.0. The Morgan fingerprint density at radius 2 is 0.593 bits per heavy atom. The van der Waals surface area contributed by atoms with Crippen LogP contribution in [-0.4, -0.2) is 96.7 Å². The summed E-state index contributed by atoms with van der Waals surface area (Å²) in [5, 5.41) is 10.6. The standard InChI is InChI=1S/C72H136O17P2/c1-6-9-12-15-17-19-21-23-25-30-33-37-41-46-51-56-70(75)83-62-68(89-72(77)58-53-48-43-39-35-31-27-26-28-32-36-40-45-49-54-65(4)5)64-87-91(80,81)85-60-66(73)59-84-90(78,79)86-63-67(61-82-69(74)55-50-44-14-11-8-3)88-71(76)57-52-47-42-38-34-29-24-22-20-18-16-13-10-7-2/h19,21,23,25,65-68,73H,6-18,20,22,24,26-64H2,1-5H3,(H,78,79)(H,80,81)/b21-19-,25-23-/t66-,67+,68+/m0/s1. The fourth-order valence-electron chi connectivity index (χ4n) is 10.5. The number of phosphoric ester groups is 2. The van der Waals surface area contributed by atoms with E-state index in [0.717, 1.165) is 121 Å². The summed E-state index contributed by atoms with van der Waals surface area (Å²) in [6.45, 7) is 7.13. The van der Waals surface area contributed by atoms with Gasteiger partial charge in [-0.25, -0.2) is 9.13 Å². The average molecular weight is 1340 g/mol. The molecule has 0 aromatic rings. The fourth-order valence-corrected chi connectivity index (χ4v) is 12.0. The highest BCUT2D eigenvalue weighted by atomic mass is 31.2. The first-order valence-corrected chi connectivity index (χ1v) is 39.9. The minimum Gasteiger partial charge on any atom is -0.462 e. The predicted octanol–water partition coefficient (Wildman–Crippen LogP) is 20.5. The van der Waals surface area contributed by atoms with Gasteiger partial charge in [-0.2, -0.15) is 0 Å². The molecule has 3 N–H and O–H groups in total. The van der Waals surface area contributed by atoms with Gasteiger partial charge in [0.2, 0.25) is 0 Å². The third-order valence-corrected chi connectivity index (χ3v) is 18.1. The molecule has 0 rings (SSSR count). The van der Waals surface area contributed by atoms with E-state index in [1.54, 1.807) is 0 Å². The Hall–Kier alpha value is -2.46. The van der Waals surface area contributed by atoms with E-state index in [-0.39, 0.29) is 25.7 Å².